The zero-order valence-electron chi connectivity index (χ0n) is 16.0. The summed E-state index contributed by atoms with van der Waals surface area (Å²) in [7, 11) is 0. The molecule has 2 fully saturated rings. The van der Waals surface area contributed by atoms with Crippen LogP contribution in [0.1, 0.15) is 25.3 Å². The van der Waals surface area contributed by atoms with Crippen molar-refractivity contribution in [1.82, 2.24) is 14.6 Å². The third-order valence-electron chi connectivity index (χ3n) is 6.22. The van der Waals surface area contributed by atoms with Crippen molar-refractivity contribution in [2.24, 2.45) is 17.3 Å². The molecule has 0 unspecified atom stereocenters. The fourth-order valence-corrected chi connectivity index (χ4v) is 4.61. The minimum absolute atomic E-state index is 0.0149. The minimum atomic E-state index is -0.879. The number of aryl methyl sites for hydroxylation is 1. The van der Waals surface area contributed by atoms with E-state index in [9.17, 15) is 10.1 Å². The van der Waals surface area contributed by atoms with Crippen LogP contribution in [0.5, 0.6) is 0 Å². The topological polar surface area (TPSA) is 74.3 Å². The highest BCUT2D eigenvalue weighted by molar-refractivity contribution is 6.05. The number of anilines is 1. The zero-order valence-corrected chi connectivity index (χ0v) is 16.0. The Morgan fingerprint density at radius 1 is 1.25 bits per heavy atom. The number of carbonyl (C=O) groups excluding carboxylic acids is 1. The first-order valence-electron chi connectivity index (χ1n) is 9.67. The predicted octanol–water partition coefficient (Wildman–Crippen LogP) is 3.61. The molecular weight excluding hydrogens is 350 g/mol. The Bertz CT molecular complexity index is 1140. The van der Waals surface area contributed by atoms with Gasteiger partial charge in [0.2, 0.25) is 5.91 Å². The molecule has 0 aromatic carbocycles. The Kier molecular flexibility index (Phi) is 3.57. The Morgan fingerprint density at radius 3 is 2.79 bits per heavy atom. The van der Waals surface area contributed by atoms with Gasteiger partial charge in [-0.3, -0.25) is 9.78 Å². The minimum Gasteiger partial charge on any atom is -0.309 e. The average molecular weight is 371 g/mol. The van der Waals surface area contributed by atoms with E-state index in [0.29, 0.717) is 6.54 Å². The average Bonchev–Trinajstić information content (AvgIpc) is 3.38. The number of amides is 1. The van der Waals surface area contributed by atoms with Crippen molar-refractivity contribution in [1.29, 1.82) is 5.26 Å². The van der Waals surface area contributed by atoms with Crippen molar-refractivity contribution in [3.05, 3.63) is 48.5 Å². The second kappa shape index (κ2) is 5.90. The predicted molar refractivity (Wildman–Crippen MR) is 105 cm³/mol. The quantitative estimate of drug-likeness (QED) is 0.705. The van der Waals surface area contributed by atoms with E-state index in [1.54, 1.807) is 15.6 Å². The maximum Gasteiger partial charge on any atom is 0.248 e. The summed E-state index contributed by atoms with van der Waals surface area (Å²) in [5, 5.41) is 14.3. The number of carbonyl (C=O) groups is 1. The van der Waals surface area contributed by atoms with E-state index in [1.165, 1.54) is 0 Å². The number of hydrogen-bond acceptors (Lipinski definition) is 4. The molecule has 0 bridgehead atoms. The third kappa shape index (κ3) is 2.29. The molecule has 1 amide bonds. The van der Waals surface area contributed by atoms with Crippen molar-refractivity contribution in [3.8, 4) is 17.2 Å². The summed E-state index contributed by atoms with van der Waals surface area (Å²) < 4.78 is 1.80. The number of nitriles is 1. The van der Waals surface area contributed by atoms with Crippen LogP contribution < -0.4 is 4.90 Å². The number of hydrogen-bond donors (Lipinski definition) is 0. The van der Waals surface area contributed by atoms with Gasteiger partial charge in [-0.25, -0.2) is 4.52 Å². The van der Waals surface area contributed by atoms with Crippen LogP contribution in [0, 0.1) is 35.5 Å². The van der Waals surface area contributed by atoms with Gasteiger partial charge < -0.3 is 4.90 Å². The lowest BCUT2D eigenvalue weighted by atomic mass is 9.75. The van der Waals surface area contributed by atoms with Gasteiger partial charge in [0, 0.05) is 48.4 Å². The third-order valence-corrected chi connectivity index (χ3v) is 6.22. The highest BCUT2D eigenvalue weighted by Gasteiger charge is 2.61. The van der Waals surface area contributed by atoms with Gasteiger partial charge in [-0.1, -0.05) is 6.92 Å². The molecule has 5 rings (SSSR count). The van der Waals surface area contributed by atoms with Crippen molar-refractivity contribution >= 4 is 17.1 Å². The molecule has 1 saturated carbocycles. The van der Waals surface area contributed by atoms with E-state index < -0.39 is 5.41 Å². The SMILES string of the molecule is Cc1cncc(-c2cc3c(N4C[C@@H](C)[C@@](C#N)(C5CC5)C4=O)ccnn3c2)c1. The van der Waals surface area contributed by atoms with E-state index in [-0.39, 0.29) is 17.7 Å². The Balaban J connectivity index is 1.60. The Labute approximate surface area is 163 Å². The molecule has 0 N–H and O–H groups in total. The standard InChI is InChI=1S/C22H21N5O/c1-14-7-16(10-24-9-14)17-8-20-19(5-6-25-27(20)12-17)26-11-15(2)22(13-23,21(26)28)18-3-4-18/h5-10,12,15,18H,3-4,11H2,1-2H3/t15-,22+/m1/s1. The summed E-state index contributed by atoms with van der Waals surface area (Å²) in [5.41, 5.74) is 3.91. The first-order chi connectivity index (χ1) is 13.5. The molecular formula is C22H21N5O. The Morgan fingerprint density at radius 2 is 2.07 bits per heavy atom. The van der Waals surface area contributed by atoms with Crippen molar-refractivity contribution in [2.45, 2.75) is 26.7 Å². The van der Waals surface area contributed by atoms with E-state index in [0.717, 1.165) is 40.7 Å². The molecule has 28 heavy (non-hydrogen) atoms. The molecule has 3 aromatic rings. The van der Waals surface area contributed by atoms with Gasteiger partial charge in [0.05, 0.1) is 17.3 Å². The van der Waals surface area contributed by atoms with Crippen LogP contribution in [-0.2, 0) is 4.79 Å². The molecule has 4 heterocycles. The Hall–Kier alpha value is -3.20. The summed E-state index contributed by atoms with van der Waals surface area (Å²) in [6, 6.07) is 8.40. The highest BCUT2D eigenvalue weighted by atomic mass is 16.2. The van der Waals surface area contributed by atoms with Crippen molar-refractivity contribution < 1.29 is 4.79 Å². The maximum absolute atomic E-state index is 13.4. The summed E-state index contributed by atoms with van der Waals surface area (Å²) in [6.45, 7) is 4.61. The summed E-state index contributed by atoms with van der Waals surface area (Å²) in [6.07, 6.45) is 9.27. The van der Waals surface area contributed by atoms with Crippen molar-refractivity contribution in [2.75, 3.05) is 11.4 Å². The summed E-state index contributed by atoms with van der Waals surface area (Å²) >= 11 is 0. The molecule has 0 spiro atoms. The van der Waals surface area contributed by atoms with E-state index >= 15 is 0 Å². The van der Waals surface area contributed by atoms with Gasteiger partial charge in [-0.05, 0) is 49.4 Å². The van der Waals surface area contributed by atoms with Crippen LogP contribution >= 0.6 is 0 Å². The fraction of sp³-hybridized carbons (Fsp3) is 0.364. The lowest BCUT2D eigenvalue weighted by molar-refractivity contribution is -0.124. The second-order valence-corrected chi connectivity index (χ2v) is 8.10. The lowest BCUT2D eigenvalue weighted by Gasteiger charge is -2.23. The molecule has 140 valence electrons. The van der Waals surface area contributed by atoms with Crippen LogP contribution in [0.3, 0.4) is 0 Å². The number of rotatable bonds is 3. The summed E-state index contributed by atoms with van der Waals surface area (Å²) in [4.78, 5) is 19.5. The first kappa shape index (κ1) is 16.9. The van der Waals surface area contributed by atoms with E-state index in [1.807, 2.05) is 44.6 Å². The molecule has 0 radical (unpaired) electrons. The normalized spacial score (nSPS) is 24.7. The number of pyridine rings is 1. The highest BCUT2D eigenvalue weighted by Crippen LogP contribution is 2.54. The number of aromatic nitrogens is 3. The second-order valence-electron chi connectivity index (χ2n) is 8.10. The molecule has 3 aromatic heterocycles. The molecule has 1 saturated heterocycles. The fourth-order valence-electron chi connectivity index (χ4n) is 4.61. The van der Waals surface area contributed by atoms with Gasteiger partial charge >= 0.3 is 0 Å². The molecule has 1 aliphatic carbocycles. The van der Waals surface area contributed by atoms with Crippen LogP contribution in [0.4, 0.5) is 5.69 Å². The summed E-state index contributed by atoms with van der Waals surface area (Å²) in [5.74, 6) is 0.155. The maximum atomic E-state index is 13.4. The van der Waals surface area contributed by atoms with E-state index in [2.05, 4.69) is 22.2 Å². The van der Waals surface area contributed by atoms with Gasteiger partial charge in [0.15, 0.2) is 0 Å². The van der Waals surface area contributed by atoms with E-state index in [4.69, 9.17) is 0 Å². The monoisotopic (exact) mass is 371 g/mol. The smallest absolute Gasteiger partial charge is 0.248 e. The molecule has 2 atom stereocenters. The van der Waals surface area contributed by atoms with Gasteiger partial charge in [0.1, 0.15) is 5.41 Å². The molecule has 6 heteroatoms. The first-order valence-corrected chi connectivity index (χ1v) is 9.67. The molecule has 1 aliphatic heterocycles. The number of fused-ring (bicyclic) bond motifs is 1. The zero-order chi connectivity index (χ0) is 19.5. The van der Waals surface area contributed by atoms with Gasteiger partial charge in [0.25, 0.3) is 0 Å². The van der Waals surface area contributed by atoms with Gasteiger partial charge in [-0.15, -0.1) is 0 Å². The largest absolute Gasteiger partial charge is 0.309 e. The van der Waals surface area contributed by atoms with Crippen LogP contribution in [0.25, 0.3) is 16.6 Å². The van der Waals surface area contributed by atoms with Gasteiger partial charge in [-0.2, -0.15) is 10.4 Å². The molecule has 2 aliphatic rings. The van der Waals surface area contributed by atoms with Crippen molar-refractivity contribution in [3.63, 3.8) is 0 Å². The molecule has 6 nitrogen and oxygen atoms in total. The number of nitrogens with zero attached hydrogens (tertiary/aromatic N) is 5. The van der Waals surface area contributed by atoms with Crippen LogP contribution in [0.2, 0.25) is 0 Å². The van der Waals surface area contributed by atoms with Crippen LogP contribution in [-0.4, -0.2) is 27.0 Å². The lowest BCUT2D eigenvalue weighted by Crippen LogP contribution is -2.37. The van der Waals surface area contributed by atoms with Crippen LogP contribution in [0.15, 0.2) is 43.0 Å².